The van der Waals surface area contributed by atoms with Crippen molar-refractivity contribution in [2.45, 2.75) is 19.4 Å². The lowest BCUT2D eigenvalue weighted by molar-refractivity contribution is -0.157. The number of methoxy groups -OCH3 is 1. The number of cyclic esters (lactones) is 1. The molecule has 1 rings (SSSR count). The Kier molecular flexibility index (Phi) is 3.86. The van der Waals surface area contributed by atoms with E-state index in [1.165, 1.54) is 7.11 Å². The van der Waals surface area contributed by atoms with Crippen molar-refractivity contribution in [3.05, 3.63) is 0 Å². The fourth-order valence-electron chi connectivity index (χ4n) is 1.54. The molecule has 5 heteroatoms. The fourth-order valence-corrected chi connectivity index (χ4v) is 1.54. The standard InChI is InChI=1S/C9H16O5/c1-9(3-4-10)5-13-8(11)7(9)14-6-12-2/h7,10H,3-6H2,1-2H3/t7-,9+/m1/s1. The highest BCUT2D eigenvalue weighted by Crippen LogP contribution is 2.34. The van der Waals surface area contributed by atoms with Crippen molar-refractivity contribution < 1.29 is 24.1 Å². The van der Waals surface area contributed by atoms with E-state index < -0.39 is 11.5 Å². The summed E-state index contributed by atoms with van der Waals surface area (Å²) in [5, 5.41) is 8.87. The molecule has 82 valence electrons. The zero-order chi connectivity index (χ0) is 10.6. The minimum absolute atomic E-state index is 0.0139. The molecule has 1 aliphatic heterocycles. The Bertz CT molecular complexity index is 205. The monoisotopic (exact) mass is 204 g/mol. The van der Waals surface area contributed by atoms with E-state index in [1.807, 2.05) is 6.92 Å². The van der Waals surface area contributed by atoms with E-state index in [0.717, 1.165) is 0 Å². The van der Waals surface area contributed by atoms with Crippen molar-refractivity contribution in [1.82, 2.24) is 0 Å². The van der Waals surface area contributed by atoms with Crippen molar-refractivity contribution >= 4 is 5.97 Å². The molecule has 0 bridgehead atoms. The minimum Gasteiger partial charge on any atom is -0.463 e. The summed E-state index contributed by atoms with van der Waals surface area (Å²) in [6, 6.07) is 0. The number of hydrogen-bond acceptors (Lipinski definition) is 5. The van der Waals surface area contributed by atoms with Gasteiger partial charge in [0.15, 0.2) is 6.10 Å². The van der Waals surface area contributed by atoms with Crippen LogP contribution in [0.2, 0.25) is 0 Å². The maximum Gasteiger partial charge on any atom is 0.336 e. The predicted octanol–water partition coefficient (Wildman–Crippen LogP) is -0.0790. The average molecular weight is 204 g/mol. The van der Waals surface area contributed by atoms with Crippen LogP contribution in [0.1, 0.15) is 13.3 Å². The summed E-state index contributed by atoms with van der Waals surface area (Å²) in [6.45, 7) is 2.22. The number of aliphatic hydroxyl groups excluding tert-OH is 1. The number of rotatable bonds is 5. The Morgan fingerprint density at radius 3 is 3.00 bits per heavy atom. The van der Waals surface area contributed by atoms with Crippen LogP contribution in [0.25, 0.3) is 0 Å². The lowest BCUT2D eigenvalue weighted by Crippen LogP contribution is -2.36. The van der Waals surface area contributed by atoms with Crippen LogP contribution in [-0.2, 0) is 19.0 Å². The van der Waals surface area contributed by atoms with Crippen molar-refractivity contribution in [3.8, 4) is 0 Å². The van der Waals surface area contributed by atoms with Crippen molar-refractivity contribution in [1.29, 1.82) is 0 Å². The number of carbonyl (C=O) groups excluding carboxylic acids is 1. The van der Waals surface area contributed by atoms with Gasteiger partial charge in [-0.1, -0.05) is 6.92 Å². The van der Waals surface area contributed by atoms with Crippen LogP contribution in [0.15, 0.2) is 0 Å². The Hall–Kier alpha value is -0.650. The SMILES string of the molecule is COCO[C@@H]1C(=O)OC[C@]1(C)CCO. The van der Waals surface area contributed by atoms with Gasteiger partial charge in [-0.25, -0.2) is 4.79 Å². The van der Waals surface area contributed by atoms with Crippen LogP contribution in [0, 0.1) is 5.41 Å². The summed E-state index contributed by atoms with van der Waals surface area (Å²) >= 11 is 0. The predicted molar refractivity (Wildman–Crippen MR) is 47.5 cm³/mol. The van der Waals surface area contributed by atoms with E-state index in [-0.39, 0.29) is 19.4 Å². The molecule has 1 N–H and O–H groups in total. The van der Waals surface area contributed by atoms with Crippen LogP contribution in [0.5, 0.6) is 0 Å². The molecule has 2 atom stereocenters. The summed E-state index contributed by atoms with van der Waals surface area (Å²) in [5.41, 5.74) is -0.440. The summed E-state index contributed by atoms with van der Waals surface area (Å²) < 4.78 is 14.9. The molecule has 0 unspecified atom stereocenters. The van der Waals surface area contributed by atoms with E-state index in [1.54, 1.807) is 0 Å². The molecule has 0 aliphatic carbocycles. The first-order valence-corrected chi connectivity index (χ1v) is 4.52. The van der Waals surface area contributed by atoms with Crippen LogP contribution >= 0.6 is 0 Å². The second-order valence-corrected chi connectivity index (χ2v) is 3.69. The molecule has 0 amide bonds. The fraction of sp³-hybridized carbons (Fsp3) is 0.889. The zero-order valence-electron chi connectivity index (χ0n) is 8.49. The number of hydrogen-bond donors (Lipinski definition) is 1. The van der Waals surface area contributed by atoms with Crippen LogP contribution in [0.3, 0.4) is 0 Å². The third kappa shape index (κ3) is 2.23. The molecular weight excluding hydrogens is 188 g/mol. The Balaban J connectivity index is 2.60. The van der Waals surface area contributed by atoms with Crippen molar-refractivity contribution in [3.63, 3.8) is 0 Å². The third-order valence-corrected chi connectivity index (χ3v) is 2.43. The lowest BCUT2D eigenvalue weighted by Gasteiger charge is -2.25. The highest BCUT2D eigenvalue weighted by molar-refractivity contribution is 5.78. The summed E-state index contributed by atoms with van der Waals surface area (Å²) in [5.74, 6) is -0.377. The first-order valence-electron chi connectivity index (χ1n) is 4.52. The zero-order valence-corrected chi connectivity index (χ0v) is 8.49. The molecule has 1 aliphatic rings. The second kappa shape index (κ2) is 4.72. The highest BCUT2D eigenvalue weighted by Gasteiger charge is 2.47. The van der Waals surface area contributed by atoms with Crippen LogP contribution < -0.4 is 0 Å². The second-order valence-electron chi connectivity index (χ2n) is 3.69. The summed E-state index contributed by atoms with van der Waals surface area (Å²) in [6.07, 6.45) is -0.151. The lowest BCUT2D eigenvalue weighted by atomic mass is 9.84. The van der Waals surface area contributed by atoms with Gasteiger partial charge in [0.05, 0.1) is 6.61 Å². The van der Waals surface area contributed by atoms with Gasteiger partial charge in [-0.15, -0.1) is 0 Å². The molecule has 0 saturated carbocycles. The largest absolute Gasteiger partial charge is 0.463 e. The van der Waals surface area contributed by atoms with E-state index in [2.05, 4.69) is 0 Å². The third-order valence-electron chi connectivity index (χ3n) is 2.43. The van der Waals surface area contributed by atoms with Crippen LogP contribution in [-0.4, -0.2) is 44.3 Å². The Labute approximate surface area is 82.9 Å². The van der Waals surface area contributed by atoms with E-state index in [0.29, 0.717) is 13.0 Å². The molecule has 0 aromatic carbocycles. The van der Waals surface area contributed by atoms with Gasteiger partial charge < -0.3 is 19.3 Å². The first kappa shape index (κ1) is 11.4. The summed E-state index contributed by atoms with van der Waals surface area (Å²) in [7, 11) is 1.49. The topological polar surface area (TPSA) is 65.0 Å². The number of esters is 1. The smallest absolute Gasteiger partial charge is 0.336 e. The number of carbonyl (C=O) groups is 1. The van der Waals surface area contributed by atoms with Crippen molar-refractivity contribution in [2.75, 3.05) is 27.1 Å². The van der Waals surface area contributed by atoms with Gasteiger partial charge in [-0.3, -0.25) is 0 Å². The van der Waals surface area contributed by atoms with Gasteiger partial charge >= 0.3 is 5.97 Å². The van der Waals surface area contributed by atoms with E-state index in [4.69, 9.17) is 19.3 Å². The number of ether oxygens (including phenoxy) is 3. The maximum atomic E-state index is 11.3. The first-order chi connectivity index (χ1) is 6.64. The molecular formula is C9H16O5. The van der Waals surface area contributed by atoms with E-state index >= 15 is 0 Å². The normalized spacial score (nSPS) is 31.9. The molecule has 1 fully saturated rings. The maximum absolute atomic E-state index is 11.3. The summed E-state index contributed by atoms with van der Waals surface area (Å²) in [4.78, 5) is 11.3. The molecule has 14 heavy (non-hydrogen) atoms. The van der Waals surface area contributed by atoms with Gasteiger partial charge in [0, 0.05) is 19.1 Å². The van der Waals surface area contributed by atoms with Crippen LogP contribution in [0.4, 0.5) is 0 Å². The van der Waals surface area contributed by atoms with Gasteiger partial charge in [-0.2, -0.15) is 0 Å². The van der Waals surface area contributed by atoms with Crippen molar-refractivity contribution in [2.24, 2.45) is 5.41 Å². The molecule has 1 saturated heterocycles. The average Bonchev–Trinajstić information content (AvgIpc) is 2.41. The van der Waals surface area contributed by atoms with Gasteiger partial charge in [0.2, 0.25) is 0 Å². The molecule has 1 heterocycles. The molecule has 0 aromatic heterocycles. The van der Waals surface area contributed by atoms with Gasteiger partial charge in [-0.05, 0) is 6.42 Å². The molecule has 0 radical (unpaired) electrons. The number of aliphatic hydroxyl groups is 1. The molecule has 5 nitrogen and oxygen atoms in total. The van der Waals surface area contributed by atoms with Gasteiger partial charge in [0.25, 0.3) is 0 Å². The quantitative estimate of drug-likeness (QED) is 0.501. The highest BCUT2D eigenvalue weighted by atomic mass is 16.7. The Morgan fingerprint density at radius 2 is 2.43 bits per heavy atom. The minimum atomic E-state index is -0.630. The molecule has 0 aromatic rings. The molecule has 0 spiro atoms. The Morgan fingerprint density at radius 1 is 1.71 bits per heavy atom. The van der Waals surface area contributed by atoms with Gasteiger partial charge in [0.1, 0.15) is 6.79 Å². The van der Waals surface area contributed by atoms with E-state index in [9.17, 15) is 4.79 Å².